The van der Waals surface area contributed by atoms with Gasteiger partial charge in [-0.2, -0.15) is 0 Å². The minimum atomic E-state index is -1.48. The molecule has 0 bridgehead atoms. The summed E-state index contributed by atoms with van der Waals surface area (Å²) in [5.74, 6) is 0.00575. The Morgan fingerprint density at radius 3 is 2.30 bits per heavy atom. The zero-order valence-corrected chi connectivity index (χ0v) is 29.0. The molecule has 0 aliphatic carbocycles. The number of H-pyrrole nitrogens is 1. The van der Waals surface area contributed by atoms with Crippen molar-refractivity contribution in [2.75, 3.05) is 0 Å². The number of halogens is 1. The molecule has 2 fully saturated rings. The third kappa shape index (κ3) is 6.18. The van der Waals surface area contributed by atoms with Gasteiger partial charge in [-0.1, -0.05) is 93.2 Å². The van der Waals surface area contributed by atoms with Gasteiger partial charge in [0.2, 0.25) is 0 Å². The molecule has 0 saturated carbocycles. The molecule has 2 aliphatic heterocycles. The fourth-order valence-electron chi connectivity index (χ4n) is 7.12. The first-order valence-electron chi connectivity index (χ1n) is 16.2. The summed E-state index contributed by atoms with van der Waals surface area (Å²) in [5.41, 5.74) is 7.59. The average molecular weight is 651 g/mol. The molecule has 0 unspecified atom stereocenters. The Balaban J connectivity index is 1.44. The second-order valence-corrected chi connectivity index (χ2v) is 15.7. The maximum Gasteiger partial charge on any atom is 0.283 e. The highest BCUT2D eigenvalue weighted by Gasteiger charge is 2.50. The average Bonchev–Trinajstić information content (AvgIpc) is 3.57. The SMILES string of the molecule is C=C(O)c1ccc(-c2c[nH]c(=O)c(-c3ccc(C(C)(C)C)cc3[C@@H]3CC[C@H]4[C@@H](c5cc(C)cc(C(C)(C)F)c5)SC(=O)N34)c2)c(C)c1. The van der Waals surface area contributed by atoms with E-state index in [-0.39, 0.29) is 39.3 Å². The minimum Gasteiger partial charge on any atom is -0.508 e. The van der Waals surface area contributed by atoms with E-state index in [1.165, 1.54) is 11.8 Å². The molecule has 6 rings (SSSR count). The second kappa shape index (κ2) is 11.9. The number of aromatic nitrogens is 1. The van der Waals surface area contributed by atoms with Gasteiger partial charge in [-0.15, -0.1) is 0 Å². The molecule has 0 radical (unpaired) electrons. The third-order valence-electron chi connectivity index (χ3n) is 9.67. The van der Waals surface area contributed by atoms with Crippen molar-refractivity contribution in [2.24, 2.45) is 0 Å². The van der Waals surface area contributed by atoms with Crippen LogP contribution in [0.1, 0.15) is 97.7 Å². The number of aliphatic hydroxyl groups excluding tert-OH is 1. The van der Waals surface area contributed by atoms with Gasteiger partial charge >= 0.3 is 0 Å². The van der Waals surface area contributed by atoms with E-state index < -0.39 is 5.67 Å². The van der Waals surface area contributed by atoms with Crippen LogP contribution in [-0.4, -0.2) is 26.3 Å². The summed E-state index contributed by atoms with van der Waals surface area (Å²) in [7, 11) is 0. The Bertz CT molecular complexity index is 1970. The number of fused-ring (bicyclic) bond motifs is 1. The van der Waals surface area contributed by atoms with Crippen molar-refractivity contribution in [3.8, 4) is 22.3 Å². The lowest BCUT2D eigenvalue weighted by Gasteiger charge is -2.29. The predicted molar refractivity (Wildman–Crippen MR) is 192 cm³/mol. The lowest BCUT2D eigenvalue weighted by molar-refractivity contribution is 0.204. The normalized spacial score (nSPS) is 19.7. The molecule has 244 valence electrons. The second-order valence-electron chi connectivity index (χ2n) is 14.6. The number of nitrogens with zero attached hydrogens (tertiary/aromatic N) is 1. The molecule has 3 heterocycles. The molecular formula is C40H43FN2O3S. The number of hydrogen-bond acceptors (Lipinski definition) is 4. The summed E-state index contributed by atoms with van der Waals surface area (Å²) < 4.78 is 15.1. The molecule has 5 nitrogen and oxygen atoms in total. The maximum absolute atomic E-state index is 15.1. The van der Waals surface area contributed by atoms with Gasteiger partial charge in [-0.05, 0) is 103 Å². The number of thioether (sulfide) groups is 1. The van der Waals surface area contributed by atoms with Crippen molar-refractivity contribution >= 4 is 22.8 Å². The van der Waals surface area contributed by atoms with E-state index in [2.05, 4.69) is 50.5 Å². The number of alkyl halides is 1. The van der Waals surface area contributed by atoms with E-state index in [0.29, 0.717) is 16.7 Å². The molecule has 4 aromatic rings. The minimum absolute atomic E-state index is 0.00575. The molecule has 2 saturated heterocycles. The van der Waals surface area contributed by atoms with Crippen LogP contribution in [0.25, 0.3) is 28.0 Å². The summed E-state index contributed by atoms with van der Waals surface area (Å²) in [6.07, 6.45) is 3.30. The number of nitrogens with one attached hydrogen (secondary N) is 1. The highest BCUT2D eigenvalue weighted by molar-refractivity contribution is 8.14. The van der Waals surface area contributed by atoms with Crippen LogP contribution in [-0.2, 0) is 11.1 Å². The number of amides is 1. The van der Waals surface area contributed by atoms with E-state index in [1.54, 1.807) is 20.0 Å². The third-order valence-corrected chi connectivity index (χ3v) is 10.9. The first-order chi connectivity index (χ1) is 22.0. The van der Waals surface area contributed by atoms with E-state index in [4.69, 9.17) is 0 Å². The molecule has 2 aliphatic rings. The fraction of sp³-hybridized carbons (Fsp3) is 0.350. The van der Waals surface area contributed by atoms with Crippen LogP contribution >= 0.6 is 11.8 Å². The number of pyridine rings is 1. The van der Waals surface area contributed by atoms with Gasteiger partial charge in [-0.3, -0.25) is 9.59 Å². The van der Waals surface area contributed by atoms with Gasteiger partial charge in [0.1, 0.15) is 11.4 Å². The zero-order valence-electron chi connectivity index (χ0n) is 28.2. The number of aryl methyl sites for hydroxylation is 2. The monoisotopic (exact) mass is 650 g/mol. The molecular weight excluding hydrogens is 608 g/mol. The van der Waals surface area contributed by atoms with Crippen molar-refractivity contribution < 1.29 is 14.3 Å². The number of hydrogen-bond donors (Lipinski definition) is 2. The van der Waals surface area contributed by atoms with Gasteiger partial charge in [0.15, 0.2) is 0 Å². The number of aliphatic hydroxyl groups is 1. The van der Waals surface area contributed by atoms with Crippen LogP contribution in [0.2, 0.25) is 0 Å². The summed E-state index contributed by atoms with van der Waals surface area (Å²) in [4.78, 5) is 32.4. The van der Waals surface area contributed by atoms with Crippen molar-refractivity contribution in [1.29, 1.82) is 0 Å². The number of aromatic amines is 1. The molecule has 7 heteroatoms. The number of benzene rings is 3. The van der Waals surface area contributed by atoms with Gasteiger partial charge in [-0.25, -0.2) is 4.39 Å². The Kier molecular flexibility index (Phi) is 8.28. The van der Waals surface area contributed by atoms with Crippen molar-refractivity contribution in [1.82, 2.24) is 9.88 Å². The lowest BCUT2D eigenvalue weighted by atomic mass is 9.82. The smallest absolute Gasteiger partial charge is 0.283 e. The van der Waals surface area contributed by atoms with Crippen LogP contribution in [0.3, 0.4) is 0 Å². The molecule has 1 amide bonds. The van der Waals surface area contributed by atoms with Crippen LogP contribution in [0.4, 0.5) is 9.18 Å². The fourth-order valence-corrected chi connectivity index (χ4v) is 8.42. The number of carbonyl (C=O) groups is 1. The quantitative estimate of drug-likeness (QED) is 0.204. The maximum atomic E-state index is 15.1. The summed E-state index contributed by atoms with van der Waals surface area (Å²) in [6.45, 7) is 17.2. The number of rotatable bonds is 6. The van der Waals surface area contributed by atoms with Crippen molar-refractivity contribution in [2.45, 2.75) is 89.7 Å². The van der Waals surface area contributed by atoms with Gasteiger partial charge in [0.25, 0.3) is 10.8 Å². The highest BCUT2D eigenvalue weighted by atomic mass is 32.2. The molecule has 3 atom stereocenters. The van der Waals surface area contributed by atoms with Crippen LogP contribution in [0.15, 0.2) is 78.2 Å². The largest absolute Gasteiger partial charge is 0.508 e. The first kappa shape index (κ1) is 32.8. The molecule has 47 heavy (non-hydrogen) atoms. The van der Waals surface area contributed by atoms with E-state index in [1.807, 2.05) is 61.2 Å². The topological polar surface area (TPSA) is 73.4 Å². The zero-order chi connectivity index (χ0) is 34.0. The van der Waals surface area contributed by atoms with Crippen LogP contribution in [0, 0.1) is 13.8 Å². The van der Waals surface area contributed by atoms with E-state index >= 15 is 4.39 Å². The lowest BCUT2D eigenvalue weighted by Crippen LogP contribution is -2.31. The summed E-state index contributed by atoms with van der Waals surface area (Å²) in [5, 5.41) is 9.80. The standard InChI is InChI=1S/C40H43FN2O3S/c1-22-15-26(18-29(16-22)40(7,8)41)36-35-14-13-34(43(35)38(46)47-36)32-20-28(39(4,5)6)10-12-31(32)33-19-27(21-42-37(33)45)30-11-9-25(24(3)44)17-23(30)2/h9-12,15-21,34-36,44H,3,13-14H2,1-2,4-8H3,(H,42,45)/t34-,35-,36+/m0/s1. The summed E-state index contributed by atoms with van der Waals surface area (Å²) in [6, 6.07) is 19.5. The van der Waals surface area contributed by atoms with Crippen molar-refractivity contribution in [3.63, 3.8) is 0 Å². The van der Waals surface area contributed by atoms with Crippen LogP contribution in [0.5, 0.6) is 0 Å². The Morgan fingerprint density at radius 2 is 1.64 bits per heavy atom. The van der Waals surface area contributed by atoms with Gasteiger partial charge in [0, 0.05) is 23.4 Å². The summed E-state index contributed by atoms with van der Waals surface area (Å²) >= 11 is 1.33. The Morgan fingerprint density at radius 1 is 0.915 bits per heavy atom. The first-order valence-corrected chi connectivity index (χ1v) is 17.1. The molecule has 1 aromatic heterocycles. The number of carbonyl (C=O) groups excluding carboxylic acids is 1. The van der Waals surface area contributed by atoms with E-state index in [9.17, 15) is 14.7 Å². The predicted octanol–water partition coefficient (Wildman–Crippen LogP) is 10.5. The van der Waals surface area contributed by atoms with Gasteiger partial charge < -0.3 is 15.0 Å². The molecule has 0 spiro atoms. The Hall–Kier alpha value is -4.10. The highest BCUT2D eigenvalue weighted by Crippen LogP contribution is 2.55. The van der Waals surface area contributed by atoms with Crippen molar-refractivity contribution in [3.05, 3.63) is 123 Å². The van der Waals surface area contributed by atoms with E-state index in [0.717, 1.165) is 57.3 Å². The Labute approximate surface area is 280 Å². The van der Waals surface area contributed by atoms with Crippen LogP contribution < -0.4 is 5.56 Å². The molecule has 2 N–H and O–H groups in total. The van der Waals surface area contributed by atoms with Gasteiger partial charge in [0.05, 0.1) is 11.3 Å². The molecule has 3 aromatic carbocycles.